The molecule has 6 nitrogen and oxygen atoms in total. The average Bonchev–Trinajstić information content (AvgIpc) is 3.18. The van der Waals surface area contributed by atoms with Crippen LogP contribution in [0.5, 0.6) is 17.2 Å². The van der Waals surface area contributed by atoms with Crippen LogP contribution in [0.3, 0.4) is 0 Å². The number of methoxy groups -OCH3 is 1. The van der Waals surface area contributed by atoms with Crippen LogP contribution in [0.25, 0.3) is 6.08 Å². The van der Waals surface area contributed by atoms with E-state index in [9.17, 15) is 4.79 Å². The number of rotatable bonds is 8. The van der Waals surface area contributed by atoms with Gasteiger partial charge in [-0.3, -0.25) is 0 Å². The van der Waals surface area contributed by atoms with Crippen LogP contribution in [0.2, 0.25) is 0 Å². The molecule has 31 heavy (non-hydrogen) atoms. The van der Waals surface area contributed by atoms with E-state index in [0.717, 1.165) is 11.1 Å². The maximum Gasteiger partial charge on any atom is 0.363 e. The first kappa shape index (κ1) is 20.2. The molecule has 3 aromatic rings. The summed E-state index contributed by atoms with van der Waals surface area (Å²) in [6.45, 7) is 0.768. The van der Waals surface area contributed by atoms with Crippen molar-refractivity contribution in [2.75, 3.05) is 20.3 Å². The van der Waals surface area contributed by atoms with E-state index >= 15 is 0 Å². The fraction of sp³-hybridized carbons (Fsp3) is 0.120. The number of carbonyl (C=O) groups is 1. The summed E-state index contributed by atoms with van der Waals surface area (Å²) >= 11 is 0. The molecule has 6 heteroatoms. The van der Waals surface area contributed by atoms with Gasteiger partial charge in [-0.1, -0.05) is 42.5 Å². The van der Waals surface area contributed by atoms with E-state index in [1.54, 1.807) is 13.2 Å². The maximum atomic E-state index is 12.1. The third-order valence-electron chi connectivity index (χ3n) is 4.50. The second kappa shape index (κ2) is 9.63. The number of cyclic esters (lactones) is 1. The van der Waals surface area contributed by atoms with Gasteiger partial charge in [0.2, 0.25) is 5.90 Å². The summed E-state index contributed by atoms with van der Waals surface area (Å²) in [6, 6.07) is 24.2. The standard InChI is InChI=1S/C25H21NO5/c1-28-22-9-5-6-10-23(22)30-16-15-29-20-13-11-18(12-14-20)17-21-25(27)31-24(26-21)19-7-3-2-4-8-19/h2-14,17H,15-16H2,1H3/b21-17-. The maximum absolute atomic E-state index is 12.1. The molecule has 0 aromatic heterocycles. The lowest BCUT2D eigenvalue weighted by Gasteiger charge is -2.11. The van der Waals surface area contributed by atoms with Crippen LogP contribution < -0.4 is 14.2 Å². The SMILES string of the molecule is COc1ccccc1OCCOc1ccc(/C=C2\N=C(c3ccccc3)OC2=O)cc1. The van der Waals surface area contributed by atoms with Crippen molar-refractivity contribution in [3.8, 4) is 17.2 Å². The van der Waals surface area contributed by atoms with Gasteiger partial charge in [-0.05, 0) is 48.0 Å². The monoisotopic (exact) mass is 415 g/mol. The Balaban J connectivity index is 1.33. The molecule has 1 aliphatic rings. The number of hydrogen-bond donors (Lipinski definition) is 0. The zero-order valence-electron chi connectivity index (χ0n) is 17.0. The van der Waals surface area contributed by atoms with Gasteiger partial charge < -0.3 is 18.9 Å². The van der Waals surface area contributed by atoms with Gasteiger partial charge in [-0.2, -0.15) is 0 Å². The summed E-state index contributed by atoms with van der Waals surface area (Å²) in [5.41, 5.74) is 1.85. The van der Waals surface area contributed by atoms with Crippen molar-refractivity contribution < 1.29 is 23.7 Å². The molecule has 0 radical (unpaired) electrons. The van der Waals surface area contributed by atoms with Gasteiger partial charge in [0.25, 0.3) is 0 Å². The Hall–Kier alpha value is -4.06. The fourth-order valence-corrected chi connectivity index (χ4v) is 2.98. The highest BCUT2D eigenvalue weighted by molar-refractivity contribution is 6.12. The predicted molar refractivity (Wildman–Crippen MR) is 117 cm³/mol. The molecule has 3 aromatic carbocycles. The van der Waals surface area contributed by atoms with Crippen LogP contribution in [0.1, 0.15) is 11.1 Å². The molecule has 0 N–H and O–H groups in total. The van der Waals surface area contributed by atoms with E-state index in [1.165, 1.54) is 0 Å². The minimum atomic E-state index is -0.465. The Bertz CT molecular complexity index is 1100. The Labute approximate surface area is 180 Å². The lowest BCUT2D eigenvalue weighted by atomic mass is 10.2. The highest BCUT2D eigenvalue weighted by Crippen LogP contribution is 2.25. The minimum Gasteiger partial charge on any atom is -0.493 e. The number of para-hydroxylation sites is 2. The van der Waals surface area contributed by atoms with Crippen molar-refractivity contribution >= 4 is 17.9 Å². The summed E-state index contributed by atoms with van der Waals surface area (Å²) in [5.74, 6) is 1.91. The average molecular weight is 415 g/mol. The molecule has 0 unspecified atom stereocenters. The number of carbonyl (C=O) groups excluding carboxylic acids is 1. The Morgan fingerprint density at radius 1 is 0.839 bits per heavy atom. The number of ether oxygens (including phenoxy) is 4. The summed E-state index contributed by atoms with van der Waals surface area (Å²) in [5, 5.41) is 0. The van der Waals surface area contributed by atoms with E-state index in [0.29, 0.717) is 36.4 Å². The number of aliphatic imine (C=N–C) groups is 1. The first-order chi connectivity index (χ1) is 15.2. The molecule has 0 saturated carbocycles. The van der Waals surface area contributed by atoms with E-state index in [2.05, 4.69) is 4.99 Å². The molecule has 0 saturated heterocycles. The molecule has 0 aliphatic carbocycles. The van der Waals surface area contributed by atoms with Crippen LogP contribution in [0, 0.1) is 0 Å². The van der Waals surface area contributed by atoms with Gasteiger partial charge in [0, 0.05) is 5.56 Å². The van der Waals surface area contributed by atoms with E-state index in [-0.39, 0.29) is 5.70 Å². The first-order valence-electron chi connectivity index (χ1n) is 9.79. The third kappa shape index (κ3) is 5.11. The Morgan fingerprint density at radius 3 is 2.26 bits per heavy atom. The summed E-state index contributed by atoms with van der Waals surface area (Å²) < 4.78 is 21.9. The van der Waals surface area contributed by atoms with E-state index in [1.807, 2.05) is 78.9 Å². The van der Waals surface area contributed by atoms with Gasteiger partial charge in [0.05, 0.1) is 7.11 Å². The number of esters is 1. The number of nitrogens with zero attached hydrogens (tertiary/aromatic N) is 1. The summed E-state index contributed by atoms with van der Waals surface area (Å²) in [7, 11) is 1.61. The second-order valence-corrected chi connectivity index (χ2v) is 6.62. The molecule has 0 fully saturated rings. The largest absolute Gasteiger partial charge is 0.493 e. The molecule has 0 bridgehead atoms. The lowest BCUT2D eigenvalue weighted by molar-refractivity contribution is -0.129. The molecule has 1 aliphatic heterocycles. The van der Waals surface area contributed by atoms with E-state index < -0.39 is 5.97 Å². The molecule has 0 amide bonds. The van der Waals surface area contributed by atoms with Crippen molar-refractivity contribution in [3.05, 3.63) is 95.7 Å². The van der Waals surface area contributed by atoms with Crippen molar-refractivity contribution in [2.24, 2.45) is 4.99 Å². The fourth-order valence-electron chi connectivity index (χ4n) is 2.98. The van der Waals surface area contributed by atoms with Gasteiger partial charge in [-0.25, -0.2) is 9.79 Å². The van der Waals surface area contributed by atoms with Crippen LogP contribution in [-0.4, -0.2) is 32.2 Å². The summed E-state index contributed by atoms with van der Waals surface area (Å²) in [4.78, 5) is 16.4. The molecule has 0 atom stereocenters. The van der Waals surface area contributed by atoms with Crippen LogP contribution in [-0.2, 0) is 9.53 Å². The molecule has 4 rings (SSSR count). The normalized spacial score (nSPS) is 14.2. The molecular weight excluding hydrogens is 394 g/mol. The van der Waals surface area contributed by atoms with Crippen molar-refractivity contribution in [1.82, 2.24) is 0 Å². The van der Waals surface area contributed by atoms with Gasteiger partial charge in [0.1, 0.15) is 19.0 Å². The van der Waals surface area contributed by atoms with Crippen molar-refractivity contribution in [2.45, 2.75) is 0 Å². The topological polar surface area (TPSA) is 66.3 Å². The predicted octanol–water partition coefficient (Wildman–Crippen LogP) is 4.50. The zero-order chi connectivity index (χ0) is 21.5. The van der Waals surface area contributed by atoms with Crippen LogP contribution in [0.15, 0.2) is 89.6 Å². The van der Waals surface area contributed by atoms with Crippen molar-refractivity contribution in [3.63, 3.8) is 0 Å². The molecule has 156 valence electrons. The van der Waals surface area contributed by atoms with Gasteiger partial charge in [0.15, 0.2) is 17.2 Å². The van der Waals surface area contributed by atoms with Crippen molar-refractivity contribution in [1.29, 1.82) is 0 Å². The zero-order valence-corrected chi connectivity index (χ0v) is 17.0. The Kier molecular flexibility index (Phi) is 6.28. The van der Waals surface area contributed by atoms with Gasteiger partial charge >= 0.3 is 5.97 Å². The number of benzene rings is 3. The first-order valence-corrected chi connectivity index (χ1v) is 9.79. The lowest BCUT2D eigenvalue weighted by Crippen LogP contribution is -2.09. The van der Waals surface area contributed by atoms with Crippen LogP contribution in [0.4, 0.5) is 0 Å². The Morgan fingerprint density at radius 2 is 1.52 bits per heavy atom. The van der Waals surface area contributed by atoms with Crippen LogP contribution >= 0.6 is 0 Å². The quantitative estimate of drug-likeness (QED) is 0.308. The smallest absolute Gasteiger partial charge is 0.363 e. The molecule has 0 spiro atoms. The summed E-state index contributed by atoms with van der Waals surface area (Å²) in [6.07, 6.45) is 1.69. The molecule has 1 heterocycles. The highest BCUT2D eigenvalue weighted by atomic mass is 16.6. The van der Waals surface area contributed by atoms with E-state index in [4.69, 9.17) is 18.9 Å². The second-order valence-electron chi connectivity index (χ2n) is 6.62. The highest BCUT2D eigenvalue weighted by Gasteiger charge is 2.23. The van der Waals surface area contributed by atoms with Gasteiger partial charge in [-0.15, -0.1) is 0 Å². The minimum absolute atomic E-state index is 0.262. The molecular formula is C25H21NO5. The number of hydrogen-bond acceptors (Lipinski definition) is 6. The third-order valence-corrected chi connectivity index (χ3v) is 4.50.